The molecule has 0 saturated carbocycles. The van der Waals surface area contributed by atoms with Crippen LogP contribution < -0.4 is 5.32 Å². The van der Waals surface area contributed by atoms with Crippen LogP contribution in [-0.4, -0.2) is 27.6 Å². The molecule has 0 unspecified atom stereocenters. The van der Waals surface area contributed by atoms with Crippen LogP contribution in [0.15, 0.2) is 24.5 Å². The van der Waals surface area contributed by atoms with Crippen LogP contribution >= 0.6 is 0 Å². The minimum absolute atomic E-state index is 0.186. The van der Waals surface area contributed by atoms with Crippen LogP contribution in [-0.2, 0) is 6.42 Å². The summed E-state index contributed by atoms with van der Waals surface area (Å²) in [7, 11) is 0. The van der Waals surface area contributed by atoms with Crippen LogP contribution in [0.4, 0.5) is 4.39 Å². The maximum Gasteiger partial charge on any atom is 0.288 e. The largest absolute Gasteiger partial charge is 0.349 e. The Kier molecular flexibility index (Phi) is 3.66. The highest BCUT2D eigenvalue weighted by molar-refractivity contribution is 5.90. The van der Waals surface area contributed by atoms with Crippen LogP contribution in [0.25, 0.3) is 0 Å². The van der Waals surface area contributed by atoms with Crippen LogP contribution in [0.1, 0.15) is 21.7 Å². The van der Waals surface area contributed by atoms with Crippen molar-refractivity contribution in [3.8, 4) is 0 Å². The fourth-order valence-electron chi connectivity index (χ4n) is 1.65. The van der Waals surface area contributed by atoms with E-state index >= 15 is 0 Å². The van der Waals surface area contributed by atoms with Crippen LogP contribution in [0.3, 0.4) is 0 Å². The summed E-state index contributed by atoms with van der Waals surface area (Å²) in [6.07, 6.45) is 1.92. The first-order valence-corrected chi connectivity index (χ1v) is 5.55. The molecule has 2 rings (SSSR count). The highest BCUT2D eigenvalue weighted by atomic mass is 19.1. The Balaban J connectivity index is 1.87. The first-order valence-electron chi connectivity index (χ1n) is 5.55. The molecule has 6 heteroatoms. The van der Waals surface area contributed by atoms with E-state index in [4.69, 9.17) is 0 Å². The molecule has 0 bridgehead atoms. The van der Waals surface area contributed by atoms with Gasteiger partial charge in [0.1, 0.15) is 12.1 Å². The third-order valence-corrected chi connectivity index (χ3v) is 2.61. The van der Waals surface area contributed by atoms with Gasteiger partial charge < -0.3 is 5.32 Å². The second kappa shape index (κ2) is 5.39. The van der Waals surface area contributed by atoms with Crippen molar-refractivity contribution in [1.82, 2.24) is 20.5 Å². The molecule has 2 aromatic rings. The standard InChI is InChI=1S/C12H13FN4O/c1-8-6-10(13)3-2-9(8)4-5-14-12(18)11-15-7-16-17-11/h2-3,6-7H,4-5H2,1H3,(H,14,18)(H,15,16,17). The van der Waals surface area contributed by atoms with Gasteiger partial charge in [-0.3, -0.25) is 9.89 Å². The lowest BCUT2D eigenvalue weighted by Crippen LogP contribution is -2.26. The number of aromatic nitrogens is 3. The summed E-state index contributed by atoms with van der Waals surface area (Å²) < 4.78 is 12.9. The molecule has 0 aliphatic carbocycles. The summed E-state index contributed by atoms with van der Waals surface area (Å²) in [6.45, 7) is 2.31. The number of rotatable bonds is 4. The topological polar surface area (TPSA) is 70.7 Å². The van der Waals surface area contributed by atoms with Gasteiger partial charge in [0.15, 0.2) is 0 Å². The fourth-order valence-corrected chi connectivity index (χ4v) is 1.65. The number of aromatic amines is 1. The van der Waals surface area contributed by atoms with Gasteiger partial charge in [-0.15, -0.1) is 0 Å². The number of halogens is 1. The smallest absolute Gasteiger partial charge is 0.288 e. The number of H-pyrrole nitrogens is 1. The molecule has 0 aliphatic rings. The third-order valence-electron chi connectivity index (χ3n) is 2.61. The van der Waals surface area contributed by atoms with Crippen LogP contribution in [0.2, 0.25) is 0 Å². The third kappa shape index (κ3) is 2.91. The zero-order valence-corrected chi connectivity index (χ0v) is 9.90. The lowest BCUT2D eigenvalue weighted by Gasteiger charge is -2.06. The van der Waals surface area contributed by atoms with Gasteiger partial charge in [-0.05, 0) is 36.6 Å². The molecular weight excluding hydrogens is 235 g/mol. The normalized spacial score (nSPS) is 10.3. The molecule has 94 valence electrons. The average molecular weight is 248 g/mol. The quantitative estimate of drug-likeness (QED) is 0.854. The van der Waals surface area contributed by atoms with E-state index in [0.717, 1.165) is 11.1 Å². The molecule has 2 N–H and O–H groups in total. The lowest BCUT2D eigenvalue weighted by atomic mass is 10.1. The average Bonchev–Trinajstić information content (AvgIpc) is 2.85. The maximum atomic E-state index is 12.9. The molecular formula is C12H13FN4O. The first-order chi connectivity index (χ1) is 8.66. The number of amides is 1. The van der Waals surface area contributed by atoms with E-state index in [1.165, 1.54) is 18.5 Å². The molecule has 0 saturated heterocycles. The van der Waals surface area contributed by atoms with E-state index in [-0.39, 0.29) is 17.5 Å². The number of hydrogen-bond donors (Lipinski definition) is 2. The molecule has 1 aromatic carbocycles. The number of nitrogens with one attached hydrogen (secondary N) is 2. The van der Waals surface area contributed by atoms with Crippen molar-refractivity contribution in [3.63, 3.8) is 0 Å². The Hall–Kier alpha value is -2.24. The van der Waals surface area contributed by atoms with E-state index in [9.17, 15) is 9.18 Å². The Labute approximate surface area is 103 Å². The molecule has 0 atom stereocenters. The lowest BCUT2D eigenvalue weighted by molar-refractivity contribution is 0.0944. The van der Waals surface area contributed by atoms with Crippen molar-refractivity contribution in [1.29, 1.82) is 0 Å². The van der Waals surface area contributed by atoms with Crippen molar-refractivity contribution in [2.45, 2.75) is 13.3 Å². The SMILES string of the molecule is Cc1cc(F)ccc1CCNC(=O)c1ncn[nH]1. The van der Waals surface area contributed by atoms with E-state index in [0.29, 0.717) is 13.0 Å². The Morgan fingerprint density at radius 2 is 2.33 bits per heavy atom. The fraction of sp³-hybridized carbons (Fsp3) is 0.250. The zero-order valence-electron chi connectivity index (χ0n) is 9.90. The highest BCUT2D eigenvalue weighted by Gasteiger charge is 2.07. The van der Waals surface area contributed by atoms with Crippen molar-refractivity contribution in [3.05, 3.63) is 47.3 Å². The van der Waals surface area contributed by atoms with Gasteiger partial charge >= 0.3 is 0 Å². The molecule has 1 heterocycles. The summed E-state index contributed by atoms with van der Waals surface area (Å²) in [5, 5.41) is 8.79. The van der Waals surface area contributed by atoms with Gasteiger partial charge in [-0.25, -0.2) is 9.37 Å². The molecule has 18 heavy (non-hydrogen) atoms. The van der Waals surface area contributed by atoms with Gasteiger partial charge in [0.25, 0.3) is 5.91 Å². The van der Waals surface area contributed by atoms with Gasteiger partial charge in [0, 0.05) is 6.54 Å². The molecule has 5 nitrogen and oxygen atoms in total. The van der Waals surface area contributed by atoms with Gasteiger partial charge in [-0.2, -0.15) is 5.10 Å². The Morgan fingerprint density at radius 1 is 1.50 bits per heavy atom. The number of benzene rings is 1. The maximum absolute atomic E-state index is 12.9. The van der Waals surface area contributed by atoms with Gasteiger partial charge in [0.05, 0.1) is 0 Å². The van der Waals surface area contributed by atoms with Crippen molar-refractivity contribution in [2.75, 3.05) is 6.54 Å². The predicted octanol–water partition coefficient (Wildman–Crippen LogP) is 1.22. The highest BCUT2D eigenvalue weighted by Crippen LogP contribution is 2.10. The van der Waals surface area contributed by atoms with Crippen molar-refractivity contribution in [2.24, 2.45) is 0 Å². The monoisotopic (exact) mass is 248 g/mol. The van der Waals surface area contributed by atoms with Crippen molar-refractivity contribution >= 4 is 5.91 Å². The summed E-state index contributed by atoms with van der Waals surface area (Å²) in [5.74, 6) is -0.361. The number of aryl methyl sites for hydroxylation is 1. The summed E-state index contributed by atoms with van der Waals surface area (Å²) in [4.78, 5) is 15.3. The second-order valence-corrected chi connectivity index (χ2v) is 3.91. The van der Waals surface area contributed by atoms with E-state index in [1.54, 1.807) is 6.07 Å². The molecule has 0 spiro atoms. The summed E-state index contributed by atoms with van der Waals surface area (Å²) in [6, 6.07) is 4.62. The van der Waals surface area contributed by atoms with Crippen LogP contribution in [0, 0.1) is 12.7 Å². The Morgan fingerprint density at radius 3 is 3.00 bits per heavy atom. The predicted molar refractivity (Wildman–Crippen MR) is 63.6 cm³/mol. The summed E-state index contributed by atoms with van der Waals surface area (Å²) >= 11 is 0. The zero-order chi connectivity index (χ0) is 13.0. The molecule has 0 aliphatic heterocycles. The number of nitrogens with zero attached hydrogens (tertiary/aromatic N) is 2. The number of carbonyl (C=O) groups excluding carboxylic acids is 1. The van der Waals surface area contributed by atoms with E-state index in [1.807, 2.05) is 6.92 Å². The minimum atomic E-state index is -0.299. The number of hydrogen-bond acceptors (Lipinski definition) is 3. The minimum Gasteiger partial charge on any atom is -0.349 e. The second-order valence-electron chi connectivity index (χ2n) is 3.91. The van der Waals surface area contributed by atoms with E-state index in [2.05, 4.69) is 20.5 Å². The van der Waals surface area contributed by atoms with Gasteiger partial charge in [-0.1, -0.05) is 6.07 Å². The Bertz CT molecular complexity index is 539. The first kappa shape index (κ1) is 12.2. The molecule has 0 fully saturated rings. The van der Waals surface area contributed by atoms with Crippen LogP contribution in [0.5, 0.6) is 0 Å². The molecule has 1 aromatic heterocycles. The van der Waals surface area contributed by atoms with E-state index < -0.39 is 0 Å². The van der Waals surface area contributed by atoms with Crippen molar-refractivity contribution < 1.29 is 9.18 Å². The molecule has 1 amide bonds. The number of carbonyl (C=O) groups is 1. The summed E-state index contributed by atoms with van der Waals surface area (Å²) in [5.41, 5.74) is 1.89. The van der Waals surface area contributed by atoms with Gasteiger partial charge in [0.2, 0.25) is 5.82 Å². The molecule has 0 radical (unpaired) electrons.